The minimum absolute atomic E-state index is 0.130. The van der Waals surface area contributed by atoms with E-state index >= 15 is 0 Å². The van der Waals surface area contributed by atoms with Crippen LogP contribution in [0.25, 0.3) is 11.1 Å². The van der Waals surface area contributed by atoms with E-state index in [2.05, 4.69) is 0 Å². The van der Waals surface area contributed by atoms with Crippen molar-refractivity contribution in [2.75, 3.05) is 19.4 Å². The number of nitrogens with zero attached hydrogens (tertiary/aromatic N) is 1. The average Bonchev–Trinajstić information content (AvgIpc) is 3.00. The lowest BCUT2D eigenvalue weighted by molar-refractivity contribution is 0.0697. The van der Waals surface area contributed by atoms with E-state index in [4.69, 9.17) is 9.59 Å². The first kappa shape index (κ1) is 18.3. The van der Waals surface area contributed by atoms with Gasteiger partial charge in [-0.05, 0) is 23.3 Å². The second-order valence-electron chi connectivity index (χ2n) is 6.33. The lowest BCUT2D eigenvalue weighted by atomic mass is 10.0. The molecule has 2 aromatic rings. The molecule has 1 N–H and O–H groups in total. The standard InChI is InChI=1S/C19H20N2O4S/c1-26(23,24)25-13-18-11-17(20)12-21(18)19(22)16-9-7-15(8-10-16)14-5-3-2-4-6-14/h2-10,18,20H,11-13H2,1H3. The summed E-state index contributed by atoms with van der Waals surface area (Å²) < 4.78 is 27.3. The summed E-state index contributed by atoms with van der Waals surface area (Å²) in [4.78, 5) is 14.3. The molecule has 1 unspecified atom stereocenters. The molecule has 0 aromatic heterocycles. The Morgan fingerprint density at radius 3 is 2.35 bits per heavy atom. The molecule has 26 heavy (non-hydrogen) atoms. The fraction of sp³-hybridized carbons (Fsp3) is 0.263. The van der Waals surface area contributed by atoms with Crippen LogP contribution >= 0.6 is 0 Å². The highest BCUT2D eigenvalue weighted by atomic mass is 32.2. The number of benzene rings is 2. The van der Waals surface area contributed by atoms with Crippen molar-refractivity contribution in [2.45, 2.75) is 12.5 Å². The van der Waals surface area contributed by atoms with Gasteiger partial charge in [-0.3, -0.25) is 8.98 Å². The number of amides is 1. The molecule has 136 valence electrons. The Bertz CT molecular complexity index is 908. The van der Waals surface area contributed by atoms with Gasteiger partial charge in [0.25, 0.3) is 16.0 Å². The molecular weight excluding hydrogens is 352 g/mol. The van der Waals surface area contributed by atoms with E-state index < -0.39 is 16.2 Å². The van der Waals surface area contributed by atoms with E-state index in [9.17, 15) is 13.2 Å². The van der Waals surface area contributed by atoms with Crippen molar-refractivity contribution in [3.8, 4) is 11.1 Å². The predicted octanol–water partition coefficient (Wildman–Crippen LogP) is 2.56. The smallest absolute Gasteiger partial charge is 0.264 e. The van der Waals surface area contributed by atoms with Crippen molar-refractivity contribution >= 4 is 21.7 Å². The summed E-state index contributed by atoms with van der Waals surface area (Å²) in [7, 11) is -3.59. The third-order valence-corrected chi connectivity index (χ3v) is 4.82. The molecule has 0 aliphatic carbocycles. The summed E-state index contributed by atoms with van der Waals surface area (Å²) in [6, 6.07) is 16.7. The van der Waals surface area contributed by atoms with Crippen LogP contribution in [0.2, 0.25) is 0 Å². The fourth-order valence-corrected chi connectivity index (χ4v) is 3.39. The van der Waals surface area contributed by atoms with E-state index in [-0.39, 0.29) is 19.1 Å². The van der Waals surface area contributed by atoms with Crippen LogP contribution in [0.5, 0.6) is 0 Å². The van der Waals surface area contributed by atoms with Gasteiger partial charge in [0, 0.05) is 17.7 Å². The quantitative estimate of drug-likeness (QED) is 0.817. The van der Waals surface area contributed by atoms with Gasteiger partial charge in [-0.2, -0.15) is 8.42 Å². The second kappa shape index (κ2) is 7.39. The third-order valence-electron chi connectivity index (χ3n) is 4.26. The van der Waals surface area contributed by atoms with Gasteiger partial charge in [0.05, 0.1) is 25.4 Å². The summed E-state index contributed by atoms with van der Waals surface area (Å²) in [6.07, 6.45) is 1.30. The maximum Gasteiger partial charge on any atom is 0.264 e. The van der Waals surface area contributed by atoms with E-state index in [0.717, 1.165) is 17.4 Å². The van der Waals surface area contributed by atoms with Crippen molar-refractivity contribution in [3.63, 3.8) is 0 Å². The molecule has 0 radical (unpaired) electrons. The molecule has 1 amide bonds. The minimum atomic E-state index is -3.59. The monoisotopic (exact) mass is 372 g/mol. The Balaban J connectivity index is 1.76. The van der Waals surface area contributed by atoms with Crippen LogP contribution in [0.15, 0.2) is 54.6 Å². The number of carbonyl (C=O) groups is 1. The maximum atomic E-state index is 12.8. The van der Waals surface area contributed by atoms with Crippen LogP contribution in [0, 0.1) is 5.41 Å². The van der Waals surface area contributed by atoms with Gasteiger partial charge in [0.2, 0.25) is 0 Å². The first-order valence-electron chi connectivity index (χ1n) is 8.20. The zero-order valence-corrected chi connectivity index (χ0v) is 15.2. The van der Waals surface area contributed by atoms with Crippen molar-refractivity contribution in [2.24, 2.45) is 0 Å². The zero-order valence-electron chi connectivity index (χ0n) is 14.4. The van der Waals surface area contributed by atoms with E-state index in [0.29, 0.717) is 17.7 Å². The molecule has 6 nitrogen and oxygen atoms in total. The average molecular weight is 372 g/mol. The SMILES string of the molecule is CS(=O)(=O)OCC1CC(=N)CN1C(=O)c1ccc(-c2ccccc2)cc1. The molecule has 1 atom stereocenters. The Hall–Kier alpha value is -2.51. The highest BCUT2D eigenvalue weighted by Crippen LogP contribution is 2.22. The molecule has 7 heteroatoms. The number of rotatable bonds is 5. The number of hydrogen-bond acceptors (Lipinski definition) is 5. The summed E-state index contributed by atoms with van der Waals surface area (Å²) in [6.45, 7) is 0.0616. The van der Waals surface area contributed by atoms with Gasteiger partial charge in [0.15, 0.2) is 0 Å². The normalized spacial score (nSPS) is 17.5. The zero-order chi connectivity index (χ0) is 18.7. The second-order valence-corrected chi connectivity index (χ2v) is 7.97. The Labute approximate surface area is 153 Å². The van der Waals surface area contributed by atoms with Crippen LogP contribution in [-0.4, -0.2) is 50.4 Å². The number of carbonyl (C=O) groups excluding carboxylic acids is 1. The lowest BCUT2D eigenvalue weighted by Gasteiger charge is -2.23. The Morgan fingerprint density at radius 2 is 1.73 bits per heavy atom. The van der Waals surface area contributed by atoms with Crippen LogP contribution in [0.1, 0.15) is 16.8 Å². The van der Waals surface area contributed by atoms with Crippen molar-refractivity contribution < 1.29 is 17.4 Å². The molecule has 0 bridgehead atoms. The molecule has 1 aliphatic rings. The summed E-state index contributed by atoms with van der Waals surface area (Å²) in [5, 5.41) is 7.85. The molecule has 1 heterocycles. The Morgan fingerprint density at radius 1 is 1.12 bits per heavy atom. The predicted molar refractivity (Wildman–Crippen MR) is 99.8 cm³/mol. The summed E-state index contributed by atoms with van der Waals surface area (Å²) in [5.41, 5.74) is 2.97. The number of hydrogen-bond donors (Lipinski definition) is 1. The largest absolute Gasteiger partial charge is 0.327 e. The minimum Gasteiger partial charge on any atom is -0.327 e. The van der Waals surface area contributed by atoms with Gasteiger partial charge in [-0.1, -0.05) is 42.5 Å². The van der Waals surface area contributed by atoms with Crippen LogP contribution in [-0.2, 0) is 14.3 Å². The van der Waals surface area contributed by atoms with Crippen LogP contribution in [0.3, 0.4) is 0 Å². The molecule has 2 aromatic carbocycles. The van der Waals surface area contributed by atoms with Gasteiger partial charge in [-0.25, -0.2) is 0 Å². The van der Waals surface area contributed by atoms with E-state index in [1.54, 1.807) is 12.1 Å². The van der Waals surface area contributed by atoms with Crippen molar-refractivity contribution in [1.29, 1.82) is 5.41 Å². The molecule has 3 rings (SSSR count). The topological polar surface area (TPSA) is 87.5 Å². The van der Waals surface area contributed by atoms with E-state index in [1.165, 1.54) is 4.90 Å². The van der Waals surface area contributed by atoms with Gasteiger partial charge >= 0.3 is 0 Å². The maximum absolute atomic E-state index is 12.8. The number of likely N-dealkylation sites (tertiary alicyclic amines) is 1. The molecule has 1 saturated heterocycles. The van der Waals surface area contributed by atoms with Gasteiger partial charge < -0.3 is 10.3 Å². The highest BCUT2D eigenvalue weighted by molar-refractivity contribution is 7.85. The summed E-state index contributed by atoms with van der Waals surface area (Å²) >= 11 is 0. The molecule has 1 aliphatic heterocycles. The lowest BCUT2D eigenvalue weighted by Crippen LogP contribution is -2.38. The van der Waals surface area contributed by atoms with E-state index in [1.807, 2.05) is 42.5 Å². The van der Waals surface area contributed by atoms with Crippen molar-refractivity contribution in [1.82, 2.24) is 4.90 Å². The van der Waals surface area contributed by atoms with Gasteiger partial charge in [-0.15, -0.1) is 0 Å². The highest BCUT2D eigenvalue weighted by Gasteiger charge is 2.33. The van der Waals surface area contributed by atoms with Crippen LogP contribution < -0.4 is 0 Å². The fourth-order valence-electron chi connectivity index (χ4n) is 2.98. The first-order valence-corrected chi connectivity index (χ1v) is 10.0. The molecule has 0 spiro atoms. The van der Waals surface area contributed by atoms with Crippen LogP contribution in [0.4, 0.5) is 0 Å². The third kappa shape index (κ3) is 4.36. The van der Waals surface area contributed by atoms with Crippen molar-refractivity contribution in [3.05, 3.63) is 60.2 Å². The first-order chi connectivity index (χ1) is 12.3. The Kier molecular flexibility index (Phi) is 5.20. The molecule has 0 saturated carbocycles. The molecular formula is C19H20N2O4S. The summed E-state index contributed by atoms with van der Waals surface area (Å²) in [5.74, 6) is -0.228. The number of nitrogens with one attached hydrogen (secondary N) is 1. The van der Waals surface area contributed by atoms with Gasteiger partial charge in [0.1, 0.15) is 0 Å². The molecule has 1 fully saturated rings.